The summed E-state index contributed by atoms with van der Waals surface area (Å²) in [5.74, 6) is -0.281. The monoisotopic (exact) mass is 265 g/mol. The summed E-state index contributed by atoms with van der Waals surface area (Å²) in [4.78, 5) is 13.1. The molecule has 0 spiro atoms. The second kappa shape index (κ2) is 4.80. The normalized spacial score (nSPS) is 9.79. The Kier molecular flexibility index (Phi) is 3.96. The summed E-state index contributed by atoms with van der Waals surface area (Å²) in [5.41, 5.74) is 1.57. The van der Waals surface area contributed by atoms with Crippen LogP contribution in [0.4, 0.5) is 4.39 Å². The van der Waals surface area contributed by atoms with E-state index in [0.29, 0.717) is 5.52 Å². The number of aromatic nitrogens is 1. The van der Waals surface area contributed by atoms with Gasteiger partial charge in [0.15, 0.2) is 0 Å². The van der Waals surface area contributed by atoms with Crippen molar-refractivity contribution in [1.82, 2.24) is 4.98 Å². The van der Waals surface area contributed by atoms with Gasteiger partial charge in [0.2, 0.25) is 0 Å². The maximum Gasteiger partial charge on any atom is 0.125 e. The second-order valence-corrected chi connectivity index (χ2v) is 2.82. The Morgan fingerprint density at radius 3 is 2.93 bits per heavy atom. The molecule has 0 unspecified atom stereocenters. The largest absolute Gasteiger partial charge is 0.541 e. The van der Waals surface area contributed by atoms with Gasteiger partial charge in [-0.15, -0.1) is 6.42 Å². The molecule has 1 aromatic heterocycles. The van der Waals surface area contributed by atoms with Crippen molar-refractivity contribution in [2.45, 2.75) is 6.42 Å². The molecule has 4 heteroatoms. The van der Waals surface area contributed by atoms with Gasteiger partial charge in [0.1, 0.15) is 5.82 Å². The van der Waals surface area contributed by atoms with E-state index in [1.54, 1.807) is 12.3 Å². The number of aromatic amines is 1. The smallest absolute Gasteiger partial charge is 0.125 e. The Morgan fingerprint density at radius 1 is 1.43 bits per heavy atom. The van der Waals surface area contributed by atoms with Gasteiger partial charge < -0.3 is 9.78 Å². The van der Waals surface area contributed by atoms with Crippen molar-refractivity contribution in [3.63, 3.8) is 0 Å². The second-order valence-electron chi connectivity index (χ2n) is 2.82. The van der Waals surface area contributed by atoms with Crippen LogP contribution in [0.15, 0.2) is 24.4 Å². The van der Waals surface area contributed by atoms with Crippen molar-refractivity contribution >= 4 is 17.2 Å². The number of H-pyrrole nitrogens is 1. The maximum absolute atomic E-state index is 12.7. The van der Waals surface area contributed by atoms with Gasteiger partial charge in [-0.3, -0.25) is 6.29 Å². The first-order valence-corrected chi connectivity index (χ1v) is 3.92. The van der Waals surface area contributed by atoms with Gasteiger partial charge in [-0.2, -0.15) is 0 Å². The Bertz CT molecular complexity index is 452. The molecule has 0 aliphatic carbocycles. The molecule has 0 amide bonds. The Balaban J connectivity index is 0.000000980. The van der Waals surface area contributed by atoms with E-state index in [-0.39, 0.29) is 44.9 Å². The van der Waals surface area contributed by atoms with E-state index in [9.17, 15) is 9.18 Å². The van der Waals surface area contributed by atoms with E-state index in [2.05, 4.69) is 4.98 Å². The van der Waals surface area contributed by atoms with Crippen molar-refractivity contribution in [2.24, 2.45) is 0 Å². The number of benzene rings is 1. The Labute approximate surface area is 106 Å². The van der Waals surface area contributed by atoms with Crippen LogP contribution in [0.3, 0.4) is 0 Å². The molecule has 0 saturated heterocycles. The Morgan fingerprint density at radius 2 is 2.21 bits per heavy atom. The van der Waals surface area contributed by atoms with Gasteiger partial charge in [-0.25, -0.2) is 4.39 Å². The van der Waals surface area contributed by atoms with E-state index in [0.717, 1.165) is 10.9 Å². The SMILES string of the molecule is O=[C-]Cc1c[nH]c2cc(F)ccc12.[Y]. The summed E-state index contributed by atoms with van der Waals surface area (Å²) >= 11 is 0. The van der Waals surface area contributed by atoms with Crippen LogP contribution in [0.2, 0.25) is 0 Å². The van der Waals surface area contributed by atoms with Crippen molar-refractivity contribution in [3.8, 4) is 0 Å². The molecule has 0 aliphatic heterocycles. The zero-order valence-electron chi connectivity index (χ0n) is 7.38. The topological polar surface area (TPSA) is 32.9 Å². The van der Waals surface area contributed by atoms with E-state index >= 15 is 0 Å². The van der Waals surface area contributed by atoms with E-state index in [1.807, 2.05) is 6.29 Å². The van der Waals surface area contributed by atoms with Gasteiger partial charge in [0.05, 0.1) is 0 Å². The van der Waals surface area contributed by atoms with E-state index in [1.165, 1.54) is 12.1 Å². The maximum atomic E-state index is 12.7. The van der Waals surface area contributed by atoms with Crippen molar-refractivity contribution < 1.29 is 41.9 Å². The first-order valence-electron chi connectivity index (χ1n) is 3.92. The third-order valence-corrected chi connectivity index (χ3v) is 1.99. The standard InChI is InChI=1S/C10H7FNO.Y/c11-8-1-2-9-7(3-4-13)6-12-10(9)5-8;/h1-2,5-6,12H,3H2;/q-1;. The summed E-state index contributed by atoms with van der Waals surface area (Å²) < 4.78 is 12.7. The van der Waals surface area contributed by atoms with Crippen LogP contribution < -0.4 is 0 Å². The summed E-state index contributed by atoms with van der Waals surface area (Å²) in [5, 5.41) is 0.879. The molecule has 1 N–H and O–H groups in total. The molecule has 2 nitrogen and oxygen atoms in total. The van der Waals surface area contributed by atoms with Crippen LogP contribution >= 0.6 is 0 Å². The van der Waals surface area contributed by atoms with Gasteiger partial charge in [-0.1, -0.05) is 0 Å². The minimum absolute atomic E-state index is 0. The van der Waals surface area contributed by atoms with E-state index < -0.39 is 0 Å². The first-order chi connectivity index (χ1) is 6.31. The molecule has 1 heterocycles. The summed E-state index contributed by atoms with van der Waals surface area (Å²) in [6, 6.07) is 4.45. The molecule has 1 aromatic carbocycles. The third kappa shape index (κ3) is 2.10. The minimum Gasteiger partial charge on any atom is -0.541 e. The molecule has 0 aliphatic rings. The fourth-order valence-electron chi connectivity index (χ4n) is 1.38. The van der Waals surface area contributed by atoms with Crippen molar-refractivity contribution in [1.29, 1.82) is 0 Å². The van der Waals surface area contributed by atoms with Crippen molar-refractivity contribution in [2.75, 3.05) is 0 Å². The molecule has 0 atom stereocenters. The van der Waals surface area contributed by atoms with Crippen LogP contribution in [0.5, 0.6) is 0 Å². The number of halogens is 1. The van der Waals surface area contributed by atoms with Crippen LogP contribution in [-0.2, 0) is 43.9 Å². The van der Waals surface area contributed by atoms with Crippen LogP contribution in [0.1, 0.15) is 5.56 Å². The van der Waals surface area contributed by atoms with Gasteiger partial charge >= 0.3 is 0 Å². The minimum atomic E-state index is -0.281. The van der Waals surface area contributed by atoms with Crippen LogP contribution in [-0.4, -0.2) is 11.3 Å². The van der Waals surface area contributed by atoms with Crippen molar-refractivity contribution in [3.05, 3.63) is 35.8 Å². The van der Waals surface area contributed by atoms with Gasteiger partial charge in [-0.05, 0) is 23.8 Å². The van der Waals surface area contributed by atoms with E-state index in [4.69, 9.17) is 0 Å². The number of nitrogens with one attached hydrogen (secondary N) is 1. The molecule has 0 bridgehead atoms. The predicted molar refractivity (Wildman–Crippen MR) is 47.7 cm³/mol. The molecule has 14 heavy (non-hydrogen) atoms. The van der Waals surface area contributed by atoms with Crippen LogP contribution in [0.25, 0.3) is 10.9 Å². The average Bonchev–Trinajstić information content (AvgIpc) is 2.49. The quantitative estimate of drug-likeness (QED) is 0.827. The average molecular weight is 265 g/mol. The first kappa shape index (κ1) is 11.5. The fraction of sp³-hybridized carbons (Fsp3) is 0.100. The van der Waals surface area contributed by atoms with Crippen LogP contribution in [0, 0.1) is 5.82 Å². The molecule has 1 radical (unpaired) electrons. The number of rotatable bonds is 2. The molecule has 0 fully saturated rings. The number of fused-ring (bicyclic) bond motifs is 1. The zero-order chi connectivity index (χ0) is 9.26. The summed E-state index contributed by atoms with van der Waals surface area (Å²) in [6.45, 7) is 0. The molecule has 2 rings (SSSR count). The van der Waals surface area contributed by atoms with Gasteiger partial charge in [0.25, 0.3) is 0 Å². The summed E-state index contributed by atoms with van der Waals surface area (Å²) in [6.07, 6.45) is 3.76. The molecular formula is C10H7FNOY-. The number of hydrogen-bond acceptors (Lipinski definition) is 1. The Hall–Kier alpha value is -0.536. The number of carbonyl (C=O) groups excluding carboxylic acids is 1. The molecule has 69 valence electrons. The fourth-order valence-corrected chi connectivity index (χ4v) is 1.38. The third-order valence-electron chi connectivity index (χ3n) is 1.99. The molecular weight excluding hydrogens is 258 g/mol. The van der Waals surface area contributed by atoms with Gasteiger partial charge in [0, 0.05) is 49.8 Å². The predicted octanol–water partition coefficient (Wildman–Crippen LogP) is 1.96. The number of hydrogen-bond donors (Lipinski definition) is 1. The molecule has 0 saturated carbocycles. The summed E-state index contributed by atoms with van der Waals surface area (Å²) in [7, 11) is 0. The zero-order valence-corrected chi connectivity index (χ0v) is 10.2. The molecule has 2 aromatic rings.